The van der Waals surface area contributed by atoms with E-state index in [1.54, 1.807) is 11.3 Å². The summed E-state index contributed by atoms with van der Waals surface area (Å²) in [5, 5.41) is 5.18. The molecule has 1 aromatic heterocycles. The Labute approximate surface area is 88.3 Å². The lowest BCUT2D eigenvalue weighted by atomic mass is 10.1. The Morgan fingerprint density at radius 3 is 2.79 bits per heavy atom. The second-order valence-electron chi connectivity index (χ2n) is 3.53. The molecule has 0 aromatic carbocycles. The number of primary amides is 1. The first kappa shape index (κ1) is 11.2. The highest BCUT2D eigenvalue weighted by Crippen LogP contribution is 2.20. The van der Waals surface area contributed by atoms with Crippen molar-refractivity contribution in [3.8, 4) is 0 Å². The molecule has 0 unspecified atom stereocenters. The Balaban J connectivity index is 2.61. The molecule has 1 heterocycles. The first-order valence-electron chi connectivity index (χ1n) is 4.67. The van der Waals surface area contributed by atoms with Crippen LogP contribution in [0.15, 0.2) is 17.5 Å². The summed E-state index contributed by atoms with van der Waals surface area (Å²) in [5.41, 5.74) is 5.34. The highest BCUT2D eigenvalue weighted by molar-refractivity contribution is 7.10. The quantitative estimate of drug-likeness (QED) is 0.773. The molecule has 0 radical (unpaired) electrons. The first-order valence-corrected chi connectivity index (χ1v) is 5.55. The minimum absolute atomic E-state index is 0.197. The van der Waals surface area contributed by atoms with Crippen molar-refractivity contribution >= 4 is 17.2 Å². The zero-order valence-electron chi connectivity index (χ0n) is 8.49. The van der Waals surface area contributed by atoms with Crippen molar-refractivity contribution in [1.82, 2.24) is 5.32 Å². The first-order chi connectivity index (χ1) is 6.61. The van der Waals surface area contributed by atoms with Gasteiger partial charge in [0.1, 0.15) is 0 Å². The maximum atomic E-state index is 11.2. The van der Waals surface area contributed by atoms with Gasteiger partial charge in [0.2, 0.25) is 5.91 Å². The van der Waals surface area contributed by atoms with E-state index in [2.05, 4.69) is 5.32 Å². The largest absolute Gasteiger partial charge is 0.369 e. The molecule has 1 rings (SSSR count). The van der Waals surface area contributed by atoms with Gasteiger partial charge >= 0.3 is 0 Å². The van der Waals surface area contributed by atoms with Crippen molar-refractivity contribution in [2.24, 2.45) is 5.73 Å². The zero-order chi connectivity index (χ0) is 10.6. The molecule has 4 heteroatoms. The van der Waals surface area contributed by atoms with Gasteiger partial charge < -0.3 is 11.1 Å². The van der Waals surface area contributed by atoms with Crippen LogP contribution < -0.4 is 11.1 Å². The number of carbonyl (C=O) groups excluding carboxylic acids is 1. The SMILES string of the molecule is CC(C)NC[C@@H](C(N)=O)c1cccs1. The van der Waals surface area contributed by atoms with Crippen LogP contribution in [0, 0.1) is 0 Å². The molecule has 1 amide bonds. The number of hydrogen-bond donors (Lipinski definition) is 2. The lowest BCUT2D eigenvalue weighted by Crippen LogP contribution is -2.34. The van der Waals surface area contributed by atoms with Crippen LogP contribution in [0.5, 0.6) is 0 Å². The van der Waals surface area contributed by atoms with E-state index in [1.165, 1.54) is 0 Å². The van der Waals surface area contributed by atoms with E-state index in [1.807, 2.05) is 31.4 Å². The molecule has 1 atom stereocenters. The Bertz CT molecular complexity index is 282. The predicted molar refractivity (Wildman–Crippen MR) is 59.4 cm³/mol. The molecule has 0 spiro atoms. The van der Waals surface area contributed by atoms with Crippen LogP contribution in [0.25, 0.3) is 0 Å². The average Bonchev–Trinajstić information content (AvgIpc) is 2.56. The van der Waals surface area contributed by atoms with Crippen LogP contribution >= 0.6 is 11.3 Å². The van der Waals surface area contributed by atoms with Crippen LogP contribution in [0.1, 0.15) is 24.6 Å². The van der Waals surface area contributed by atoms with E-state index in [4.69, 9.17) is 5.73 Å². The van der Waals surface area contributed by atoms with Crippen LogP contribution in [0.2, 0.25) is 0 Å². The van der Waals surface area contributed by atoms with Crippen LogP contribution in [-0.2, 0) is 4.79 Å². The van der Waals surface area contributed by atoms with E-state index in [0.717, 1.165) is 4.88 Å². The second-order valence-corrected chi connectivity index (χ2v) is 4.51. The maximum absolute atomic E-state index is 11.2. The third-order valence-electron chi connectivity index (χ3n) is 1.96. The fourth-order valence-corrected chi connectivity index (χ4v) is 2.02. The Kier molecular flexibility index (Phi) is 4.10. The molecule has 0 bridgehead atoms. The number of thiophene rings is 1. The van der Waals surface area contributed by atoms with Crippen molar-refractivity contribution in [3.05, 3.63) is 22.4 Å². The molecular weight excluding hydrogens is 196 g/mol. The van der Waals surface area contributed by atoms with Gasteiger partial charge in [0.15, 0.2) is 0 Å². The summed E-state index contributed by atoms with van der Waals surface area (Å²) in [6, 6.07) is 4.25. The van der Waals surface area contributed by atoms with Gasteiger partial charge in [-0.15, -0.1) is 11.3 Å². The molecule has 0 aliphatic carbocycles. The molecule has 0 fully saturated rings. The van der Waals surface area contributed by atoms with Crippen LogP contribution in [-0.4, -0.2) is 18.5 Å². The highest BCUT2D eigenvalue weighted by atomic mass is 32.1. The number of nitrogens with two attached hydrogens (primary N) is 1. The minimum atomic E-state index is -0.263. The van der Waals surface area contributed by atoms with E-state index in [9.17, 15) is 4.79 Å². The average molecular weight is 212 g/mol. The minimum Gasteiger partial charge on any atom is -0.369 e. The van der Waals surface area contributed by atoms with Gasteiger partial charge in [-0.05, 0) is 11.4 Å². The standard InChI is InChI=1S/C10H16N2OS/c1-7(2)12-6-8(10(11)13)9-4-3-5-14-9/h3-5,7-8,12H,6H2,1-2H3,(H2,11,13)/t8-/m1/s1. The van der Waals surface area contributed by atoms with E-state index in [-0.39, 0.29) is 11.8 Å². The van der Waals surface area contributed by atoms with Gasteiger partial charge in [-0.25, -0.2) is 0 Å². The van der Waals surface area contributed by atoms with E-state index >= 15 is 0 Å². The van der Waals surface area contributed by atoms with Gasteiger partial charge in [-0.3, -0.25) is 4.79 Å². The van der Waals surface area contributed by atoms with Crippen molar-refractivity contribution in [2.75, 3.05) is 6.54 Å². The lowest BCUT2D eigenvalue weighted by Gasteiger charge is -2.14. The van der Waals surface area contributed by atoms with Crippen molar-refractivity contribution in [2.45, 2.75) is 25.8 Å². The van der Waals surface area contributed by atoms with Crippen molar-refractivity contribution < 1.29 is 4.79 Å². The molecule has 14 heavy (non-hydrogen) atoms. The highest BCUT2D eigenvalue weighted by Gasteiger charge is 2.18. The van der Waals surface area contributed by atoms with Crippen LogP contribution in [0.3, 0.4) is 0 Å². The van der Waals surface area contributed by atoms with Crippen molar-refractivity contribution in [3.63, 3.8) is 0 Å². The Morgan fingerprint density at radius 2 is 2.36 bits per heavy atom. The summed E-state index contributed by atoms with van der Waals surface area (Å²) in [6.45, 7) is 4.71. The number of rotatable bonds is 5. The maximum Gasteiger partial charge on any atom is 0.227 e. The van der Waals surface area contributed by atoms with Gasteiger partial charge in [-0.1, -0.05) is 19.9 Å². The molecule has 1 aromatic rings. The number of amides is 1. The summed E-state index contributed by atoms with van der Waals surface area (Å²) >= 11 is 1.57. The van der Waals surface area contributed by atoms with Gasteiger partial charge in [0, 0.05) is 17.5 Å². The molecule has 3 nitrogen and oxygen atoms in total. The molecule has 0 aliphatic heterocycles. The van der Waals surface area contributed by atoms with Gasteiger partial charge in [0.05, 0.1) is 5.92 Å². The van der Waals surface area contributed by atoms with Crippen molar-refractivity contribution in [1.29, 1.82) is 0 Å². The monoisotopic (exact) mass is 212 g/mol. The summed E-state index contributed by atoms with van der Waals surface area (Å²) < 4.78 is 0. The Hall–Kier alpha value is -0.870. The third-order valence-corrected chi connectivity index (χ3v) is 2.95. The second kappa shape index (κ2) is 5.12. The molecule has 0 aliphatic rings. The van der Waals surface area contributed by atoms with E-state index in [0.29, 0.717) is 12.6 Å². The molecular formula is C10H16N2OS. The van der Waals surface area contributed by atoms with Gasteiger partial charge in [0.25, 0.3) is 0 Å². The topological polar surface area (TPSA) is 55.1 Å². The number of carbonyl (C=O) groups is 1. The number of hydrogen-bond acceptors (Lipinski definition) is 3. The predicted octanol–water partition coefficient (Wildman–Crippen LogP) is 1.31. The summed E-state index contributed by atoms with van der Waals surface area (Å²) in [6.07, 6.45) is 0. The normalized spacial score (nSPS) is 13.1. The molecule has 0 saturated carbocycles. The third kappa shape index (κ3) is 3.12. The Morgan fingerprint density at radius 1 is 1.64 bits per heavy atom. The number of nitrogens with one attached hydrogen (secondary N) is 1. The lowest BCUT2D eigenvalue weighted by molar-refractivity contribution is -0.119. The molecule has 3 N–H and O–H groups in total. The van der Waals surface area contributed by atoms with Crippen LogP contribution in [0.4, 0.5) is 0 Å². The summed E-state index contributed by atoms with van der Waals surface area (Å²) in [7, 11) is 0. The molecule has 78 valence electrons. The molecule has 0 saturated heterocycles. The smallest absolute Gasteiger partial charge is 0.227 e. The van der Waals surface area contributed by atoms with E-state index < -0.39 is 0 Å². The fourth-order valence-electron chi connectivity index (χ4n) is 1.18. The zero-order valence-corrected chi connectivity index (χ0v) is 9.30. The summed E-state index contributed by atoms with van der Waals surface area (Å²) in [4.78, 5) is 12.2. The fraction of sp³-hybridized carbons (Fsp3) is 0.500. The van der Waals surface area contributed by atoms with Gasteiger partial charge in [-0.2, -0.15) is 0 Å². The summed E-state index contributed by atoms with van der Waals surface area (Å²) in [5.74, 6) is -0.460.